The van der Waals surface area contributed by atoms with Gasteiger partial charge in [-0.05, 0) is 61.0 Å². The van der Waals surface area contributed by atoms with Crippen molar-refractivity contribution in [3.8, 4) is 16.3 Å². The molecule has 5 aromatic rings. The number of carbonyl (C=O) groups excluding carboxylic acids is 4. The van der Waals surface area contributed by atoms with Crippen molar-refractivity contribution in [2.45, 2.75) is 40.5 Å². The molecule has 0 aliphatic carbocycles. The minimum absolute atomic E-state index is 0.00931. The highest BCUT2D eigenvalue weighted by Gasteiger charge is 2.24. The lowest BCUT2D eigenvalue weighted by molar-refractivity contribution is -0.131. The zero-order valence-corrected chi connectivity index (χ0v) is 27.2. The van der Waals surface area contributed by atoms with Gasteiger partial charge in [-0.2, -0.15) is 0 Å². The Morgan fingerprint density at radius 1 is 0.848 bits per heavy atom. The van der Waals surface area contributed by atoms with Crippen LogP contribution in [0.3, 0.4) is 0 Å². The maximum Gasteiger partial charge on any atom is 0.308 e. The summed E-state index contributed by atoms with van der Waals surface area (Å²) in [6.45, 7) is 11.1. The fourth-order valence-electron chi connectivity index (χ4n) is 4.71. The summed E-state index contributed by atoms with van der Waals surface area (Å²) in [6.07, 6.45) is 0.906. The standard InChI is InChI=1S/C16H13NS.C11H11NO2.C11H12O3/c1-11(2)12-7-9-13(10-8-12)16-17-14-5-3-4-6-15(14)18-16;1-8(13)12-7-6-11(14)9-4-2-3-5-10(9)12;1-3-11(13)9-4-6-10(7-5-9)14-8(2)12/h3-10H,1H2,2H3;2-5H,6-7H2,1H3;4-7H,3H2,1-2H3. The van der Waals surface area contributed by atoms with Crippen LogP contribution < -0.4 is 9.64 Å². The number of anilines is 1. The number of benzene rings is 4. The second-order valence-corrected chi connectivity index (χ2v) is 11.6. The average molecular weight is 633 g/mol. The number of carbonyl (C=O) groups is 4. The van der Waals surface area contributed by atoms with Crippen LogP contribution in [0.2, 0.25) is 0 Å². The van der Waals surface area contributed by atoms with Crippen molar-refractivity contribution in [3.05, 3.63) is 120 Å². The molecule has 0 saturated carbocycles. The van der Waals surface area contributed by atoms with Crippen LogP contribution in [0.25, 0.3) is 26.4 Å². The van der Waals surface area contributed by atoms with Gasteiger partial charge in [0.05, 0.1) is 15.9 Å². The molecule has 2 heterocycles. The second kappa shape index (κ2) is 15.7. The molecule has 0 fully saturated rings. The third kappa shape index (κ3) is 8.70. The summed E-state index contributed by atoms with van der Waals surface area (Å²) in [7, 11) is 0. The lowest BCUT2D eigenvalue weighted by Gasteiger charge is -2.27. The van der Waals surface area contributed by atoms with Gasteiger partial charge in [-0.1, -0.05) is 67.6 Å². The van der Waals surface area contributed by atoms with Crippen LogP contribution in [-0.4, -0.2) is 35.0 Å². The Morgan fingerprint density at radius 3 is 2.09 bits per heavy atom. The Balaban J connectivity index is 0.000000159. The predicted octanol–water partition coefficient (Wildman–Crippen LogP) is 8.83. The highest BCUT2D eigenvalue weighted by atomic mass is 32.1. The molecule has 0 bridgehead atoms. The number of amides is 1. The van der Waals surface area contributed by atoms with Gasteiger partial charge >= 0.3 is 5.97 Å². The third-order valence-corrected chi connectivity index (χ3v) is 8.20. The summed E-state index contributed by atoms with van der Waals surface area (Å²) in [5.74, 6) is 0.298. The largest absolute Gasteiger partial charge is 0.427 e. The SMILES string of the molecule is C=C(C)c1ccc(-c2nc3ccccc3s2)cc1.CC(=O)N1CCC(=O)c2ccccc21.CCC(=O)c1ccc(OC(C)=O)cc1. The van der Waals surface area contributed by atoms with Crippen LogP contribution in [0.4, 0.5) is 5.69 Å². The number of hydrogen-bond acceptors (Lipinski definition) is 7. The van der Waals surface area contributed by atoms with E-state index in [-0.39, 0.29) is 23.4 Å². The van der Waals surface area contributed by atoms with Gasteiger partial charge in [-0.25, -0.2) is 4.98 Å². The molecule has 0 atom stereocenters. The van der Waals surface area contributed by atoms with Gasteiger partial charge in [-0.3, -0.25) is 19.2 Å². The molecule has 0 radical (unpaired) electrons. The summed E-state index contributed by atoms with van der Waals surface area (Å²) in [4.78, 5) is 50.9. The monoisotopic (exact) mass is 632 g/mol. The molecule has 1 aromatic heterocycles. The van der Waals surface area contributed by atoms with Crippen LogP contribution in [0.15, 0.2) is 104 Å². The van der Waals surface area contributed by atoms with E-state index in [1.807, 2.05) is 38.1 Å². The Bertz CT molecular complexity index is 1840. The Labute approximate surface area is 273 Å². The summed E-state index contributed by atoms with van der Waals surface area (Å²) >= 11 is 1.73. The summed E-state index contributed by atoms with van der Waals surface area (Å²) in [5, 5.41) is 1.07. The van der Waals surface area contributed by atoms with E-state index in [2.05, 4.69) is 54.0 Å². The molecule has 46 heavy (non-hydrogen) atoms. The number of thiazole rings is 1. The number of rotatable bonds is 5. The Morgan fingerprint density at radius 2 is 1.48 bits per heavy atom. The fraction of sp³-hybridized carbons (Fsp3) is 0.184. The van der Waals surface area contributed by atoms with Gasteiger partial charge in [0, 0.05) is 49.9 Å². The molecule has 1 aliphatic rings. The third-order valence-electron chi connectivity index (χ3n) is 7.12. The first-order valence-corrected chi connectivity index (χ1v) is 15.7. The fourth-order valence-corrected chi connectivity index (χ4v) is 5.68. The maximum absolute atomic E-state index is 11.5. The summed E-state index contributed by atoms with van der Waals surface area (Å²) in [6, 6.07) is 30.5. The highest BCUT2D eigenvalue weighted by molar-refractivity contribution is 7.21. The number of fused-ring (bicyclic) bond motifs is 2. The maximum atomic E-state index is 11.5. The molecule has 0 spiro atoms. The number of allylic oxidation sites excluding steroid dienone is 1. The van der Waals surface area contributed by atoms with E-state index < -0.39 is 0 Å². The second-order valence-electron chi connectivity index (χ2n) is 10.6. The van der Waals surface area contributed by atoms with Crippen molar-refractivity contribution in [2.75, 3.05) is 11.4 Å². The van der Waals surface area contributed by atoms with E-state index in [0.29, 0.717) is 36.3 Å². The van der Waals surface area contributed by atoms with E-state index in [4.69, 9.17) is 4.74 Å². The van der Waals surface area contributed by atoms with E-state index in [9.17, 15) is 19.2 Å². The van der Waals surface area contributed by atoms with Crippen molar-refractivity contribution >= 4 is 56.3 Å². The first-order valence-electron chi connectivity index (χ1n) is 14.9. The molecule has 234 valence electrons. The number of aromatic nitrogens is 1. The number of Topliss-reactive ketones (excluding diaryl/α,β-unsaturated/α-hetero) is 2. The van der Waals surface area contributed by atoms with E-state index >= 15 is 0 Å². The van der Waals surface area contributed by atoms with Crippen molar-refractivity contribution in [3.63, 3.8) is 0 Å². The molecular formula is C38H36N2O5S. The smallest absolute Gasteiger partial charge is 0.308 e. The molecule has 0 N–H and O–H groups in total. The van der Waals surface area contributed by atoms with Crippen molar-refractivity contribution in [2.24, 2.45) is 0 Å². The van der Waals surface area contributed by atoms with Gasteiger partial charge in [0.1, 0.15) is 10.8 Å². The molecule has 8 heteroatoms. The van der Waals surface area contributed by atoms with Gasteiger partial charge in [-0.15, -0.1) is 11.3 Å². The highest BCUT2D eigenvalue weighted by Crippen LogP contribution is 2.30. The Hall–Kier alpha value is -5.21. The molecule has 1 amide bonds. The zero-order valence-electron chi connectivity index (χ0n) is 26.4. The number of ether oxygens (including phenoxy) is 1. The van der Waals surface area contributed by atoms with Gasteiger partial charge in [0.25, 0.3) is 0 Å². The Kier molecular flexibility index (Phi) is 11.5. The van der Waals surface area contributed by atoms with E-state index in [1.54, 1.807) is 46.6 Å². The van der Waals surface area contributed by atoms with Crippen molar-refractivity contribution < 1.29 is 23.9 Å². The number of nitrogens with zero attached hydrogens (tertiary/aromatic N) is 2. The first kappa shape index (κ1) is 33.7. The molecule has 6 rings (SSSR count). The number of esters is 1. The summed E-state index contributed by atoms with van der Waals surface area (Å²) < 4.78 is 6.07. The van der Waals surface area contributed by atoms with E-state index in [1.165, 1.54) is 29.7 Å². The van der Waals surface area contributed by atoms with Crippen molar-refractivity contribution in [1.82, 2.24) is 4.98 Å². The zero-order chi connectivity index (χ0) is 33.2. The van der Waals surface area contributed by atoms with Crippen LogP contribution in [0, 0.1) is 0 Å². The molecule has 4 aromatic carbocycles. The molecule has 7 nitrogen and oxygen atoms in total. The lowest BCUT2D eigenvalue weighted by Crippen LogP contribution is -2.35. The molecule has 0 unspecified atom stereocenters. The van der Waals surface area contributed by atoms with Crippen molar-refractivity contribution in [1.29, 1.82) is 0 Å². The molecule has 0 saturated heterocycles. The van der Waals surface area contributed by atoms with Crippen LogP contribution in [-0.2, 0) is 9.59 Å². The van der Waals surface area contributed by atoms with Crippen LogP contribution in [0.1, 0.15) is 66.8 Å². The normalized spacial score (nSPS) is 11.7. The van der Waals surface area contributed by atoms with Gasteiger partial charge in [0.2, 0.25) is 5.91 Å². The van der Waals surface area contributed by atoms with Crippen LogP contribution in [0.5, 0.6) is 5.75 Å². The summed E-state index contributed by atoms with van der Waals surface area (Å²) in [5.41, 5.74) is 6.56. The quantitative estimate of drug-likeness (QED) is 0.109. The van der Waals surface area contributed by atoms with Crippen LogP contribution >= 0.6 is 11.3 Å². The average Bonchev–Trinajstić information content (AvgIpc) is 3.50. The first-order chi connectivity index (χ1) is 22.1. The predicted molar refractivity (Wildman–Crippen MR) is 186 cm³/mol. The molecule has 1 aliphatic heterocycles. The number of para-hydroxylation sites is 2. The van der Waals surface area contributed by atoms with Gasteiger partial charge < -0.3 is 9.64 Å². The number of hydrogen-bond donors (Lipinski definition) is 0. The molecular weight excluding hydrogens is 596 g/mol. The number of ketones is 2. The minimum atomic E-state index is -0.362. The topological polar surface area (TPSA) is 93.6 Å². The minimum Gasteiger partial charge on any atom is -0.427 e. The van der Waals surface area contributed by atoms with Gasteiger partial charge in [0.15, 0.2) is 11.6 Å². The lowest BCUT2D eigenvalue weighted by atomic mass is 10.0. The van der Waals surface area contributed by atoms with E-state index in [0.717, 1.165) is 21.8 Å².